The first-order valence-corrected chi connectivity index (χ1v) is 10.9. The van der Waals surface area contributed by atoms with Crippen molar-refractivity contribution < 1.29 is 23.9 Å². The second-order valence-electron chi connectivity index (χ2n) is 8.38. The van der Waals surface area contributed by atoms with Crippen LogP contribution in [0.2, 0.25) is 5.02 Å². The standard InChI is InChI=1S/C26H16ClNO5/c27-15-9-6-10-16(13-15)28-24(31)19-20(25(28)32)26(33-21(19)14-7-2-1-3-8-14)22(29)17-11-4-5-12-18(17)23(26)30/h1-13,19-21H/t19-,20+,21+/m0/s1. The summed E-state index contributed by atoms with van der Waals surface area (Å²) in [6.45, 7) is 0. The minimum Gasteiger partial charge on any atom is -0.349 e. The summed E-state index contributed by atoms with van der Waals surface area (Å²) in [7, 11) is 0. The number of benzene rings is 3. The Morgan fingerprint density at radius 2 is 1.39 bits per heavy atom. The number of nitrogens with zero attached hydrogens (tertiary/aromatic N) is 1. The van der Waals surface area contributed by atoms with E-state index in [1.54, 1.807) is 66.7 Å². The molecular formula is C26H16ClNO5. The highest BCUT2D eigenvalue weighted by molar-refractivity contribution is 6.37. The highest BCUT2D eigenvalue weighted by atomic mass is 35.5. The van der Waals surface area contributed by atoms with E-state index in [4.69, 9.17) is 16.3 Å². The summed E-state index contributed by atoms with van der Waals surface area (Å²) in [6, 6.07) is 21.7. The maximum Gasteiger partial charge on any atom is 0.241 e. The quantitative estimate of drug-likeness (QED) is 0.428. The van der Waals surface area contributed by atoms with Crippen molar-refractivity contribution in [2.75, 3.05) is 4.90 Å². The van der Waals surface area contributed by atoms with Gasteiger partial charge in [-0.1, -0.05) is 72.3 Å². The van der Waals surface area contributed by atoms with E-state index < -0.39 is 46.9 Å². The van der Waals surface area contributed by atoms with E-state index in [1.165, 1.54) is 6.07 Å². The fourth-order valence-corrected chi connectivity index (χ4v) is 5.52. The van der Waals surface area contributed by atoms with Gasteiger partial charge in [0.15, 0.2) is 0 Å². The number of anilines is 1. The van der Waals surface area contributed by atoms with Crippen LogP contribution in [0.25, 0.3) is 0 Å². The molecule has 0 bridgehead atoms. The third-order valence-corrected chi connectivity index (χ3v) is 6.95. The topological polar surface area (TPSA) is 80.8 Å². The van der Waals surface area contributed by atoms with Gasteiger partial charge in [-0.15, -0.1) is 0 Å². The van der Waals surface area contributed by atoms with Gasteiger partial charge in [-0.25, -0.2) is 4.90 Å². The van der Waals surface area contributed by atoms with Crippen molar-refractivity contribution in [2.24, 2.45) is 11.8 Å². The lowest BCUT2D eigenvalue weighted by Crippen LogP contribution is -2.51. The lowest BCUT2D eigenvalue weighted by molar-refractivity contribution is -0.127. The van der Waals surface area contributed by atoms with E-state index in [-0.39, 0.29) is 11.1 Å². The van der Waals surface area contributed by atoms with E-state index in [1.807, 2.05) is 6.07 Å². The van der Waals surface area contributed by atoms with Gasteiger partial charge < -0.3 is 4.74 Å². The number of halogens is 1. The number of carbonyl (C=O) groups excluding carboxylic acids is 4. The number of hydrogen-bond donors (Lipinski definition) is 0. The third kappa shape index (κ3) is 2.53. The zero-order valence-electron chi connectivity index (χ0n) is 17.1. The zero-order chi connectivity index (χ0) is 22.9. The Bertz CT molecular complexity index is 1330. The molecule has 0 N–H and O–H groups in total. The van der Waals surface area contributed by atoms with E-state index in [9.17, 15) is 19.2 Å². The molecule has 1 aliphatic carbocycles. The molecule has 2 fully saturated rings. The van der Waals surface area contributed by atoms with Crippen molar-refractivity contribution >= 4 is 40.7 Å². The maximum atomic E-state index is 13.8. The molecule has 6 nitrogen and oxygen atoms in total. The van der Waals surface area contributed by atoms with Crippen LogP contribution < -0.4 is 4.90 Å². The van der Waals surface area contributed by atoms with Crippen LogP contribution in [0.3, 0.4) is 0 Å². The molecule has 2 aliphatic heterocycles. The van der Waals surface area contributed by atoms with Gasteiger partial charge in [-0.3, -0.25) is 19.2 Å². The Labute approximate surface area is 193 Å². The molecule has 33 heavy (non-hydrogen) atoms. The number of amides is 2. The van der Waals surface area contributed by atoms with Gasteiger partial charge in [-0.2, -0.15) is 0 Å². The monoisotopic (exact) mass is 457 g/mol. The molecule has 7 heteroatoms. The van der Waals surface area contributed by atoms with Crippen molar-refractivity contribution in [1.29, 1.82) is 0 Å². The van der Waals surface area contributed by atoms with E-state index in [0.717, 1.165) is 4.90 Å². The van der Waals surface area contributed by atoms with E-state index >= 15 is 0 Å². The van der Waals surface area contributed by atoms with Gasteiger partial charge >= 0.3 is 0 Å². The number of Topliss-reactive ketones (excluding diaryl/α,β-unsaturated/α-hetero) is 2. The molecule has 0 unspecified atom stereocenters. The van der Waals surface area contributed by atoms with Crippen molar-refractivity contribution in [1.82, 2.24) is 0 Å². The summed E-state index contributed by atoms with van der Waals surface area (Å²) >= 11 is 6.11. The Morgan fingerprint density at radius 3 is 2.03 bits per heavy atom. The summed E-state index contributed by atoms with van der Waals surface area (Å²) in [4.78, 5) is 55.8. The minimum atomic E-state index is -2.07. The van der Waals surface area contributed by atoms with Crippen LogP contribution in [0.15, 0.2) is 78.9 Å². The van der Waals surface area contributed by atoms with Gasteiger partial charge in [0.05, 0.1) is 23.6 Å². The number of ketones is 2. The van der Waals surface area contributed by atoms with Gasteiger partial charge in [0, 0.05) is 16.1 Å². The highest BCUT2D eigenvalue weighted by Gasteiger charge is 2.74. The fourth-order valence-electron chi connectivity index (χ4n) is 5.33. The highest BCUT2D eigenvalue weighted by Crippen LogP contribution is 2.57. The van der Waals surface area contributed by atoms with E-state index in [2.05, 4.69) is 0 Å². The average Bonchev–Trinajstić information content (AvgIpc) is 3.40. The van der Waals surface area contributed by atoms with Crippen molar-refractivity contribution in [3.63, 3.8) is 0 Å². The first kappa shape index (κ1) is 20.0. The Balaban J connectivity index is 1.56. The fraction of sp³-hybridized carbons (Fsp3) is 0.154. The molecular weight excluding hydrogens is 442 g/mol. The van der Waals surface area contributed by atoms with Gasteiger partial charge in [0.25, 0.3) is 0 Å². The zero-order valence-corrected chi connectivity index (χ0v) is 17.9. The smallest absolute Gasteiger partial charge is 0.241 e. The summed E-state index contributed by atoms with van der Waals surface area (Å²) in [6.07, 6.45) is -0.931. The van der Waals surface area contributed by atoms with Crippen LogP contribution in [0.4, 0.5) is 5.69 Å². The van der Waals surface area contributed by atoms with Crippen LogP contribution in [-0.2, 0) is 14.3 Å². The SMILES string of the molecule is O=C1[C@@H]2[C@@H](c3ccccc3)OC3(C(=O)c4ccccc4C3=O)[C@H]2C(=O)N1c1cccc(Cl)c1. The van der Waals surface area contributed by atoms with Crippen molar-refractivity contribution in [3.05, 3.63) is 101 Å². The molecule has 3 aromatic rings. The second kappa shape index (κ2) is 6.94. The summed E-state index contributed by atoms with van der Waals surface area (Å²) < 4.78 is 6.23. The predicted octanol–water partition coefficient (Wildman–Crippen LogP) is 4.04. The van der Waals surface area contributed by atoms with Crippen molar-refractivity contribution in [2.45, 2.75) is 11.7 Å². The molecule has 6 rings (SSSR count). The summed E-state index contributed by atoms with van der Waals surface area (Å²) in [5, 5.41) is 0.358. The van der Waals surface area contributed by atoms with E-state index in [0.29, 0.717) is 16.3 Å². The number of carbonyl (C=O) groups is 4. The molecule has 3 aromatic carbocycles. The molecule has 2 saturated heterocycles. The summed E-state index contributed by atoms with van der Waals surface area (Å²) in [5.41, 5.74) is -0.748. The molecule has 0 radical (unpaired) electrons. The largest absolute Gasteiger partial charge is 0.349 e. The molecule has 0 aromatic heterocycles. The lowest BCUT2D eigenvalue weighted by Gasteiger charge is -2.27. The summed E-state index contributed by atoms with van der Waals surface area (Å²) in [5.74, 6) is -4.62. The Hall–Kier alpha value is -3.61. The number of rotatable bonds is 2. The second-order valence-corrected chi connectivity index (χ2v) is 8.82. The van der Waals surface area contributed by atoms with Crippen LogP contribution in [-0.4, -0.2) is 29.0 Å². The van der Waals surface area contributed by atoms with Crippen LogP contribution in [0.5, 0.6) is 0 Å². The van der Waals surface area contributed by atoms with Gasteiger partial charge in [0.1, 0.15) is 0 Å². The van der Waals surface area contributed by atoms with Gasteiger partial charge in [-0.05, 0) is 23.8 Å². The third-order valence-electron chi connectivity index (χ3n) is 6.71. The predicted molar refractivity (Wildman–Crippen MR) is 119 cm³/mol. The number of hydrogen-bond acceptors (Lipinski definition) is 5. The maximum absolute atomic E-state index is 13.8. The lowest BCUT2D eigenvalue weighted by atomic mass is 9.77. The Kier molecular flexibility index (Phi) is 4.21. The number of imide groups is 1. The molecule has 162 valence electrons. The van der Waals surface area contributed by atoms with Gasteiger partial charge in [0.2, 0.25) is 29.0 Å². The molecule has 3 atom stereocenters. The van der Waals surface area contributed by atoms with Crippen molar-refractivity contribution in [3.8, 4) is 0 Å². The van der Waals surface area contributed by atoms with Crippen LogP contribution in [0, 0.1) is 11.8 Å². The first-order valence-electron chi connectivity index (χ1n) is 10.5. The number of fused-ring (bicyclic) bond motifs is 3. The molecule has 0 saturated carbocycles. The number of ether oxygens (including phenoxy) is 1. The normalized spacial score (nSPS) is 25.1. The van der Waals surface area contributed by atoms with Crippen LogP contribution in [0.1, 0.15) is 32.4 Å². The first-order chi connectivity index (χ1) is 15.9. The van der Waals surface area contributed by atoms with Crippen LogP contribution >= 0.6 is 11.6 Å². The minimum absolute atomic E-state index is 0.205. The molecule has 2 amide bonds. The molecule has 1 spiro atoms. The molecule has 2 heterocycles. The Morgan fingerprint density at radius 1 is 0.758 bits per heavy atom. The molecule has 3 aliphatic rings. The average molecular weight is 458 g/mol.